The maximum Gasteiger partial charge on any atom is 0.254 e. The van der Waals surface area contributed by atoms with Crippen LogP contribution in [0.25, 0.3) is 21.9 Å². The Kier molecular flexibility index (Phi) is 4.66. The Hall–Kier alpha value is -2.61. The zero-order valence-corrected chi connectivity index (χ0v) is 14.5. The van der Waals surface area contributed by atoms with Crippen molar-refractivity contribution in [2.24, 2.45) is 0 Å². The van der Waals surface area contributed by atoms with Crippen LogP contribution in [0.2, 0.25) is 0 Å². The molecule has 3 aromatic carbocycles. The third kappa shape index (κ3) is 3.05. The zero-order chi connectivity index (χ0) is 17.1. The van der Waals surface area contributed by atoms with E-state index in [2.05, 4.69) is 55.5 Å². The van der Waals surface area contributed by atoms with Crippen molar-refractivity contribution in [3.63, 3.8) is 0 Å². The second-order valence-electron chi connectivity index (χ2n) is 6.08. The molecule has 0 saturated heterocycles. The summed E-state index contributed by atoms with van der Waals surface area (Å²) in [5.41, 5.74) is 4.41. The van der Waals surface area contributed by atoms with Crippen LogP contribution < -0.4 is 0 Å². The lowest BCUT2D eigenvalue weighted by Crippen LogP contribution is -2.30. The lowest BCUT2D eigenvalue weighted by atomic mass is 9.97. The van der Waals surface area contributed by atoms with E-state index in [4.69, 9.17) is 0 Å². The molecule has 3 aromatic rings. The van der Waals surface area contributed by atoms with Gasteiger partial charge in [-0.05, 0) is 54.8 Å². The minimum Gasteiger partial charge on any atom is -0.339 e. The number of amides is 1. The average Bonchev–Trinajstić information content (AvgIpc) is 2.62. The highest BCUT2D eigenvalue weighted by molar-refractivity contribution is 6.07. The van der Waals surface area contributed by atoms with Crippen LogP contribution in [0.5, 0.6) is 0 Å². The van der Waals surface area contributed by atoms with Crippen LogP contribution >= 0.6 is 0 Å². The Balaban J connectivity index is 2.06. The number of aryl methyl sites for hydroxylation is 1. The van der Waals surface area contributed by atoms with Crippen molar-refractivity contribution in [2.75, 3.05) is 13.1 Å². The Morgan fingerprint density at radius 2 is 1.54 bits per heavy atom. The summed E-state index contributed by atoms with van der Waals surface area (Å²) in [7, 11) is 0. The predicted molar refractivity (Wildman–Crippen MR) is 101 cm³/mol. The monoisotopic (exact) mass is 317 g/mol. The van der Waals surface area contributed by atoms with Gasteiger partial charge in [-0.3, -0.25) is 4.79 Å². The molecule has 0 aromatic heterocycles. The topological polar surface area (TPSA) is 20.3 Å². The molecule has 2 heteroatoms. The van der Waals surface area contributed by atoms with Crippen molar-refractivity contribution in [3.8, 4) is 11.1 Å². The van der Waals surface area contributed by atoms with E-state index in [0.717, 1.165) is 29.4 Å². The molecule has 3 rings (SSSR count). The number of hydrogen-bond acceptors (Lipinski definition) is 1. The standard InChI is InChI=1S/C22H23NO/c1-4-23(5-2)22(24)21-8-6-7-19-15-18(13-14-20(19)21)17-11-9-16(3)10-12-17/h6-15H,4-5H2,1-3H3. The number of benzene rings is 3. The van der Waals surface area contributed by atoms with Crippen molar-refractivity contribution in [2.45, 2.75) is 20.8 Å². The summed E-state index contributed by atoms with van der Waals surface area (Å²) in [6.45, 7) is 7.58. The second-order valence-corrected chi connectivity index (χ2v) is 6.08. The van der Waals surface area contributed by atoms with Gasteiger partial charge in [0, 0.05) is 18.7 Å². The van der Waals surface area contributed by atoms with E-state index in [0.29, 0.717) is 0 Å². The van der Waals surface area contributed by atoms with E-state index in [1.165, 1.54) is 16.7 Å². The highest BCUT2D eigenvalue weighted by atomic mass is 16.2. The zero-order valence-electron chi connectivity index (χ0n) is 14.5. The van der Waals surface area contributed by atoms with Crippen LogP contribution in [-0.4, -0.2) is 23.9 Å². The summed E-state index contributed by atoms with van der Waals surface area (Å²) >= 11 is 0. The van der Waals surface area contributed by atoms with E-state index in [9.17, 15) is 4.79 Å². The maximum absolute atomic E-state index is 12.7. The molecular weight excluding hydrogens is 294 g/mol. The van der Waals surface area contributed by atoms with Crippen LogP contribution in [-0.2, 0) is 0 Å². The van der Waals surface area contributed by atoms with Gasteiger partial charge in [0.25, 0.3) is 5.91 Å². The van der Waals surface area contributed by atoms with E-state index in [-0.39, 0.29) is 5.91 Å². The third-order valence-corrected chi connectivity index (χ3v) is 4.55. The van der Waals surface area contributed by atoms with Crippen molar-refractivity contribution >= 4 is 16.7 Å². The Morgan fingerprint density at radius 3 is 2.21 bits per heavy atom. The van der Waals surface area contributed by atoms with E-state index >= 15 is 0 Å². The number of rotatable bonds is 4. The van der Waals surface area contributed by atoms with Crippen molar-refractivity contribution < 1.29 is 4.79 Å². The van der Waals surface area contributed by atoms with Gasteiger partial charge in [0.05, 0.1) is 0 Å². The molecule has 0 saturated carbocycles. The van der Waals surface area contributed by atoms with Gasteiger partial charge < -0.3 is 4.90 Å². The van der Waals surface area contributed by atoms with Crippen LogP contribution in [0.4, 0.5) is 0 Å². The predicted octanol–water partition coefficient (Wildman–Crippen LogP) is 5.30. The number of carbonyl (C=O) groups is 1. The summed E-state index contributed by atoms with van der Waals surface area (Å²) in [6, 6.07) is 20.8. The normalized spacial score (nSPS) is 10.8. The number of nitrogens with zero attached hydrogens (tertiary/aromatic N) is 1. The van der Waals surface area contributed by atoms with Gasteiger partial charge in [-0.2, -0.15) is 0 Å². The average molecular weight is 317 g/mol. The van der Waals surface area contributed by atoms with E-state index in [1.807, 2.05) is 30.9 Å². The molecule has 0 radical (unpaired) electrons. The van der Waals surface area contributed by atoms with Gasteiger partial charge in [-0.15, -0.1) is 0 Å². The van der Waals surface area contributed by atoms with Crippen LogP contribution in [0.1, 0.15) is 29.8 Å². The summed E-state index contributed by atoms with van der Waals surface area (Å²) in [5, 5.41) is 2.12. The van der Waals surface area contributed by atoms with Gasteiger partial charge >= 0.3 is 0 Å². The summed E-state index contributed by atoms with van der Waals surface area (Å²) in [6.07, 6.45) is 0. The maximum atomic E-state index is 12.7. The Labute approximate surface area is 143 Å². The molecule has 0 spiro atoms. The lowest BCUT2D eigenvalue weighted by Gasteiger charge is -2.19. The molecule has 0 fully saturated rings. The van der Waals surface area contributed by atoms with Crippen molar-refractivity contribution in [1.29, 1.82) is 0 Å². The summed E-state index contributed by atoms with van der Waals surface area (Å²) < 4.78 is 0. The number of fused-ring (bicyclic) bond motifs is 1. The Bertz CT molecular complexity index is 861. The largest absolute Gasteiger partial charge is 0.339 e. The molecule has 0 N–H and O–H groups in total. The molecule has 0 heterocycles. The van der Waals surface area contributed by atoms with E-state index in [1.54, 1.807) is 0 Å². The number of carbonyl (C=O) groups excluding carboxylic acids is 1. The molecular formula is C22H23NO. The fraction of sp³-hybridized carbons (Fsp3) is 0.227. The first-order valence-corrected chi connectivity index (χ1v) is 8.53. The first-order valence-electron chi connectivity index (χ1n) is 8.53. The molecule has 24 heavy (non-hydrogen) atoms. The van der Waals surface area contributed by atoms with Crippen molar-refractivity contribution in [1.82, 2.24) is 4.90 Å². The van der Waals surface area contributed by atoms with E-state index < -0.39 is 0 Å². The summed E-state index contributed by atoms with van der Waals surface area (Å²) in [4.78, 5) is 14.6. The highest BCUT2D eigenvalue weighted by Gasteiger charge is 2.15. The third-order valence-electron chi connectivity index (χ3n) is 4.55. The first-order chi connectivity index (χ1) is 11.6. The molecule has 1 amide bonds. The Morgan fingerprint density at radius 1 is 0.875 bits per heavy atom. The molecule has 2 nitrogen and oxygen atoms in total. The van der Waals surface area contributed by atoms with Crippen LogP contribution in [0, 0.1) is 6.92 Å². The molecule has 122 valence electrons. The first kappa shape index (κ1) is 16.3. The molecule has 0 atom stereocenters. The van der Waals surface area contributed by atoms with Gasteiger partial charge in [-0.1, -0.05) is 54.1 Å². The van der Waals surface area contributed by atoms with Crippen molar-refractivity contribution in [3.05, 3.63) is 71.8 Å². The van der Waals surface area contributed by atoms with Crippen LogP contribution in [0.15, 0.2) is 60.7 Å². The molecule has 0 unspecified atom stereocenters. The van der Waals surface area contributed by atoms with Gasteiger partial charge in [-0.25, -0.2) is 0 Å². The highest BCUT2D eigenvalue weighted by Crippen LogP contribution is 2.27. The smallest absolute Gasteiger partial charge is 0.254 e. The van der Waals surface area contributed by atoms with Gasteiger partial charge in [0.15, 0.2) is 0 Å². The second kappa shape index (κ2) is 6.88. The minimum atomic E-state index is 0.105. The van der Waals surface area contributed by atoms with Gasteiger partial charge in [0.2, 0.25) is 0 Å². The quantitative estimate of drug-likeness (QED) is 0.639. The van der Waals surface area contributed by atoms with Gasteiger partial charge in [0.1, 0.15) is 0 Å². The molecule has 0 aliphatic rings. The molecule has 0 aliphatic heterocycles. The SMILES string of the molecule is CCN(CC)C(=O)c1cccc2cc(-c3ccc(C)cc3)ccc12. The number of hydrogen-bond donors (Lipinski definition) is 0. The molecule has 0 aliphatic carbocycles. The minimum absolute atomic E-state index is 0.105. The molecule has 0 bridgehead atoms. The fourth-order valence-corrected chi connectivity index (χ4v) is 3.08. The lowest BCUT2D eigenvalue weighted by molar-refractivity contribution is 0.0775. The van der Waals surface area contributed by atoms with Crippen LogP contribution in [0.3, 0.4) is 0 Å². The fourth-order valence-electron chi connectivity index (χ4n) is 3.08. The summed E-state index contributed by atoms with van der Waals surface area (Å²) in [5.74, 6) is 0.105.